The number of amides is 1. The molecule has 1 amide bonds. The fourth-order valence-corrected chi connectivity index (χ4v) is 1.81. The van der Waals surface area contributed by atoms with Crippen LogP contribution in [0.1, 0.15) is 34.6 Å². The lowest BCUT2D eigenvalue weighted by Gasteiger charge is -2.39. The molecule has 0 fully saturated rings. The first-order chi connectivity index (χ1) is 8.16. The van der Waals surface area contributed by atoms with E-state index in [-0.39, 0.29) is 12.5 Å². The molecule has 104 valence electrons. The molecule has 0 saturated carbocycles. The highest BCUT2D eigenvalue weighted by Gasteiger charge is 2.36. The van der Waals surface area contributed by atoms with Crippen molar-refractivity contribution in [3.8, 4) is 0 Å². The van der Waals surface area contributed by atoms with E-state index in [0.717, 1.165) is 5.70 Å². The predicted octanol–water partition coefficient (Wildman–Crippen LogP) is 1.39. The van der Waals surface area contributed by atoms with Crippen LogP contribution >= 0.6 is 0 Å². The Bertz CT molecular complexity index is 347. The van der Waals surface area contributed by atoms with Crippen LogP contribution < -0.4 is 10.6 Å². The van der Waals surface area contributed by atoms with Crippen LogP contribution in [-0.2, 0) is 4.74 Å². The molecule has 5 nitrogen and oxygen atoms in total. The summed E-state index contributed by atoms with van der Waals surface area (Å²) in [5.74, 6) is 0.119. The molecule has 0 aromatic rings. The SMILES string of the molecule is CC1C=C(CO)NC[C@]1(C)NC(=O)OC(C)(C)C. The van der Waals surface area contributed by atoms with Gasteiger partial charge in [0.1, 0.15) is 5.60 Å². The van der Waals surface area contributed by atoms with Crippen LogP contribution in [0.5, 0.6) is 0 Å². The third-order valence-corrected chi connectivity index (χ3v) is 3.10. The third-order valence-electron chi connectivity index (χ3n) is 3.10. The number of nitrogens with one attached hydrogen (secondary N) is 2. The molecule has 0 saturated heterocycles. The molecule has 1 aliphatic rings. The van der Waals surface area contributed by atoms with Crippen LogP contribution in [0.15, 0.2) is 11.8 Å². The average Bonchev–Trinajstić information content (AvgIpc) is 2.19. The van der Waals surface area contributed by atoms with E-state index in [2.05, 4.69) is 10.6 Å². The fourth-order valence-electron chi connectivity index (χ4n) is 1.81. The molecule has 0 aromatic carbocycles. The molecule has 2 atom stereocenters. The maximum absolute atomic E-state index is 11.8. The van der Waals surface area contributed by atoms with Gasteiger partial charge >= 0.3 is 6.09 Å². The van der Waals surface area contributed by atoms with Gasteiger partial charge in [0.25, 0.3) is 0 Å². The van der Waals surface area contributed by atoms with Crippen molar-refractivity contribution in [3.63, 3.8) is 0 Å². The zero-order valence-electron chi connectivity index (χ0n) is 11.8. The third kappa shape index (κ3) is 3.91. The zero-order chi connectivity index (χ0) is 14.0. The highest BCUT2D eigenvalue weighted by atomic mass is 16.6. The molecular weight excluding hydrogens is 232 g/mol. The summed E-state index contributed by atoms with van der Waals surface area (Å²) in [5, 5.41) is 15.1. The van der Waals surface area contributed by atoms with Gasteiger partial charge in [0.2, 0.25) is 0 Å². The van der Waals surface area contributed by atoms with E-state index in [4.69, 9.17) is 9.84 Å². The number of alkyl carbamates (subject to hydrolysis) is 1. The lowest BCUT2D eigenvalue weighted by atomic mass is 9.84. The van der Waals surface area contributed by atoms with Gasteiger partial charge in [-0.1, -0.05) is 13.0 Å². The summed E-state index contributed by atoms with van der Waals surface area (Å²) in [6, 6.07) is 0. The molecule has 1 heterocycles. The second kappa shape index (κ2) is 5.18. The molecule has 18 heavy (non-hydrogen) atoms. The number of hydrogen-bond donors (Lipinski definition) is 3. The minimum absolute atomic E-state index is 0.00709. The standard InChI is InChI=1S/C13H24N2O3/c1-9-6-10(7-16)14-8-13(9,5)15-11(17)18-12(2,3)4/h6,9,14,16H,7-8H2,1-5H3,(H,15,17)/t9?,13-/m0/s1. The van der Waals surface area contributed by atoms with Crippen LogP contribution in [0.4, 0.5) is 4.79 Å². The summed E-state index contributed by atoms with van der Waals surface area (Å²) in [4.78, 5) is 11.8. The monoisotopic (exact) mass is 256 g/mol. The number of hydrogen-bond acceptors (Lipinski definition) is 4. The zero-order valence-corrected chi connectivity index (χ0v) is 11.8. The first-order valence-corrected chi connectivity index (χ1v) is 6.23. The Hall–Kier alpha value is -1.23. The van der Waals surface area contributed by atoms with Gasteiger partial charge in [-0.15, -0.1) is 0 Å². The molecule has 1 rings (SSSR count). The molecule has 0 spiro atoms. The van der Waals surface area contributed by atoms with Gasteiger partial charge in [-0.3, -0.25) is 0 Å². The van der Waals surface area contributed by atoms with E-state index in [9.17, 15) is 4.79 Å². The number of ether oxygens (including phenoxy) is 1. The van der Waals surface area contributed by atoms with Gasteiger partial charge in [0, 0.05) is 18.2 Å². The van der Waals surface area contributed by atoms with Crippen LogP contribution in [0.3, 0.4) is 0 Å². The van der Waals surface area contributed by atoms with Crippen molar-refractivity contribution in [2.45, 2.75) is 45.8 Å². The Balaban J connectivity index is 2.66. The largest absolute Gasteiger partial charge is 0.444 e. The van der Waals surface area contributed by atoms with Gasteiger partial charge in [-0.2, -0.15) is 0 Å². The number of aliphatic hydroxyl groups excluding tert-OH is 1. The number of aliphatic hydroxyl groups is 1. The van der Waals surface area contributed by atoms with Gasteiger partial charge in [-0.05, 0) is 27.7 Å². The topological polar surface area (TPSA) is 70.6 Å². The van der Waals surface area contributed by atoms with Crippen LogP contribution in [0.25, 0.3) is 0 Å². The molecular formula is C13H24N2O3. The number of carbonyl (C=O) groups excluding carboxylic acids is 1. The summed E-state index contributed by atoms with van der Waals surface area (Å²) in [5.41, 5.74) is -0.121. The van der Waals surface area contributed by atoms with Crippen molar-refractivity contribution in [1.29, 1.82) is 0 Å². The Labute approximate surface area is 109 Å². The van der Waals surface area contributed by atoms with Gasteiger partial charge in [0.05, 0.1) is 12.1 Å². The summed E-state index contributed by atoms with van der Waals surface area (Å²) >= 11 is 0. The van der Waals surface area contributed by atoms with E-state index in [1.165, 1.54) is 0 Å². The van der Waals surface area contributed by atoms with Crippen molar-refractivity contribution in [1.82, 2.24) is 10.6 Å². The first kappa shape index (κ1) is 14.8. The lowest BCUT2D eigenvalue weighted by molar-refractivity contribution is 0.0436. The molecule has 1 aliphatic heterocycles. The van der Waals surface area contributed by atoms with E-state index in [0.29, 0.717) is 6.54 Å². The van der Waals surface area contributed by atoms with Crippen LogP contribution in [0.2, 0.25) is 0 Å². The minimum Gasteiger partial charge on any atom is -0.444 e. The normalized spacial score (nSPS) is 28.1. The van der Waals surface area contributed by atoms with Crippen molar-refractivity contribution >= 4 is 6.09 Å². The molecule has 0 aromatic heterocycles. The maximum atomic E-state index is 11.8. The first-order valence-electron chi connectivity index (χ1n) is 6.23. The average molecular weight is 256 g/mol. The highest BCUT2D eigenvalue weighted by molar-refractivity contribution is 5.69. The number of rotatable bonds is 2. The predicted molar refractivity (Wildman–Crippen MR) is 70.1 cm³/mol. The fraction of sp³-hybridized carbons (Fsp3) is 0.769. The molecule has 0 radical (unpaired) electrons. The molecule has 0 aliphatic carbocycles. The van der Waals surface area contributed by atoms with Gasteiger partial charge in [0.15, 0.2) is 0 Å². The summed E-state index contributed by atoms with van der Waals surface area (Å²) in [7, 11) is 0. The van der Waals surface area contributed by atoms with E-state index < -0.39 is 17.2 Å². The molecule has 0 bridgehead atoms. The second-order valence-electron chi connectivity index (χ2n) is 6.04. The van der Waals surface area contributed by atoms with Crippen molar-refractivity contribution in [3.05, 3.63) is 11.8 Å². The van der Waals surface area contributed by atoms with Crippen molar-refractivity contribution in [2.24, 2.45) is 5.92 Å². The van der Waals surface area contributed by atoms with Crippen molar-refractivity contribution in [2.75, 3.05) is 13.2 Å². The Morgan fingerprint density at radius 3 is 2.72 bits per heavy atom. The summed E-state index contributed by atoms with van der Waals surface area (Å²) in [6.07, 6.45) is 1.51. The summed E-state index contributed by atoms with van der Waals surface area (Å²) in [6.45, 7) is 10.0. The Morgan fingerprint density at radius 1 is 1.67 bits per heavy atom. The van der Waals surface area contributed by atoms with E-state index in [1.807, 2.05) is 40.7 Å². The van der Waals surface area contributed by atoms with Crippen LogP contribution in [0, 0.1) is 5.92 Å². The Kier molecular flexibility index (Phi) is 4.27. The van der Waals surface area contributed by atoms with E-state index >= 15 is 0 Å². The number of carbonyl (C=O) groups is 1. The Morgan fingerprint density at radius 2 is 2.28 bits per heavy atom. The molecule has 1 unspecified atom stereocenters. The molecule has 3 N–H and O–H groups in total. The second-order valence-corrected chi connectivity index (χ2v) is 6.04. The van der Waals surface area contributed by atoms with E-state index in [1.54, 1.807) is 0 Å². The van der Waals surface area contributed by atoms with Gasteiger partial charge in [-0.25, -0.2) is 4.79 Å². The minimum atomic E-state index is -0.502. The highest BCUT2D eigenvalue weighted by Crippen LogP contribution is 2.23. The summed E-state index contributed by atoms with van der Waals surface area (Å²) < 4.78 is 5.26. The van der Waals surface area contributed by atoms with Gasteiger partial charge < -0.3 is 20.5 Å². The van der Waals surface area contributed by atoms with Crippen molar-refractivity contribution < 1.29 is 14.6 Å². The molecule has 5 heteroatoms. The maximum Gasteiger partial charge on any atom is 0.408 e. The van der Waals surface area contributed by atoms with Crippen LogP contribution in [-0.4, -0.2) is 35.5 Å². The lowest BCUT2D eigenvalue weighted by Crippen LogP contribution is -2.59. The smallest absolute Gasteiger partial charge is 0.408 e. The quantitative estimate of drug-likeness (QED) is 0.698.